The number of halogens is 1. The normalized spacial score (nSPS) is 15.8. The number of H-pyrrole nitrogens is 1. The monoisotopic (exact) mass is 562 g/mol. The Bertz CT molecular complexity index is 1040. The number of nitrogens with zero attached hydrogens (tertiary/aromatic N) is 4. The topological polar surface area (TPSA) is 87.7 Å². The van der Waals surface area contributed by atoms with Crippen LogP contribution < -0.4 is 14.8 Å². The Labute approximate surface area is 211 Å². The van der Waals surface area contributed by atoms with Crippen molar-refractivity contribution >= 4 is 29.9 Å². The molecule has 0 saturated carbocycles. The van der Waals surface area contributed by atoms with Crippen LogP contribution in [0.15, 0.2) is 53.5 Å². The summed E-state index contributed by atoms with van der Waals surface area (Å²) in [5, 5.41) is 10.8. The van der Waals surface area contributed by atoms with Gasteiger partial charge in [-0.1, -0.05) is 12.1 Å². The third kappa shape index (κ3) is 6.16. The second-order valence-electron chi connectivity index (χ2n) is 7.71. The van der Waals surface area contributed by atoms with Crippen LogP contribution in [0, 0.1) is 0 Å². The van der Waals surface area contributed by atoms with E-state index in [1.807, 2.05) is 36.4 Å². The number of nitrogens with one attached hydrogen (secondary N) is 2. The molecule has 2 heterocycles. The summed E-state index contributed by atoms with van der Waals surface area (Å²) in [7, 11) is 3.35. The molecule has 1 saturated heterocycles. The van der Waals surface area contributed by atoms with Gasteiger partial charge < -0.3 is 19.7 Å². The maximum absolute atomic E-state index is 5.28. The van der Waals surface area contributed by atoms with Crippen LogP contribution in [0.5, 0.6) is 11.5 Å². The minimum absolute atomic E-state index is 0. The summed E-state index contributed by atoms with van der Waals surface area (Å²) in [5.41, 5.74) is 2.27. The molecule has 1 fully saturated rings. The summed E-state index contributed by atoms with van der Waals surface area (Å²) >= 11 is 0. The van der Waals surface area contributed by atoms with Gasteiger partial charge in [0.15, 0.2) is 11.8 Å². The molecule has 1 atom stereocenters. The summed E-state index contributed by atoms with van der Waals surface area (Å²) in [6.45, 7) is 5.25. The highest BCUT2D eigenvalue weighted by molar-refractivity contribution is 14.0. The van der Waals surface area contributed by atoms with E-state index in [4.69, 9.17) is 14.5 Å². The van der Waals surface area contributed by atoms with Crippen LogP contribution in [0.2, 0.25) is 0 Å². The van der Waals surface area contributed by atoms with Crippen molar-refractivity contribution in [2.75, 3.05) is 33.9 Å². The van der Waals surface area contributed by atoms with Crippen LogP contribution in [0.25, 0.3) is 11.4 Å². The number of rotatable bonds is 7. The van der Waals surface area contributed by atoms with Crippen LogP contribution in [0.4, 0.5) is 0 Å². The van der Waals surface area contributed by atoms with E-state index < -0.39 is 0 Å². The largest absolute Gasteiger partial charge is 0.497 e. The molecule has 0 radical (unpaired) electrons. The zero-order chi connectivity index (χ0) is 22.3. The number of benzene rings is 2. The molecular weight excluding hydrogens is 531 g/mol. The fourth-order valence-corrected chi connectivity index (χ4v) is 3.91. The number of guanidine groups is 1. The molecule has 0 spiro atoms. The van der Waals surface area contributed by atoms with Crippen LogP contribution >= 0.6 is 24.0 Å². The molecule has 9 heteroatoms. The Kier molecular flexibility index (Phi) is 8.93. The van der Waals surface area contributed by atoms with E-state index in [9.17, 15) is 0 Å². The van der Waals surface area contributed by atoms with Crippen molar-refractivity contribution in [2.24, 2.45) is 4.99 Å². The van der Waals surface area contributed by atoms with Crippen LogP contribution in [-0.2, 0) is 6.54 Å². The highest BCUT2D eigenvalue weighted by atomic mass is 127. The van der Waals surface area contributed by atoms with Crippen molar-refractivity contribution in [3.63, 3.8) is 0 Å². The minimum atomic E-state index is 0. The Balaban J connectivity index is 0.00000306. The Morgan fingerprint density at radius 3 is 2.39 bits per heavy atom. The lowest BCUT2D eigenvalue weighted by Gasteiger charge is -2.21. The quantitative estimate of drug-likeness (QED) is 0.257. The van der Waals surface area contributed by atoms with E-state index in [2.05, 4.69) is 44.5 Å². The zero-order valence-corrected chi connectivity index (χ0v) is 21.6. The van der Waals surface area contributed by atoms with Crippen molar-refractivity contribution in [1.29, 1.82) is 0 Å². The molecule has 1 unspecified atom stereocenters. The summed E-state index contributed by atoms with van der Waals surface area (Å²) in [6.07, 6.45) is 1.10. The average molecular weight is 562 g/mol. The highest BCUT2D eigenvalue weighted by Crippen LogP contribution is 2.28. The van der Waals surface area contributed by atoms with Crippen LogP contribution in [0.3, 0.4) is 0 Å². The first-order valence-corrected chi connectivity index (χ1v) is 10.9. The molecule has 2 N–H and O–H groups in total. The first-order valence-electron chi connectivity index (χ1n) is 10.9. The van der Waals surface area contributed by atoms with E-state index in [-0.39, 0.29) is 24.0 Å². The Hall–Kier alpha value is -2.82. The molecule has 1 aliphatic heterocycles. The van der Waals surface area contributed by atoms with Gasteiger partial charge in [0.1, 0.15) is 23.9 Å². The van der Waals surface area contributed by atoms with Crippen molar-refractivity contribution in [2.45, 2.75) is 25.8 Å². The van der Waals surface area contributed by atoms with Crippen molar-refractivity contribution in [1.82, 2.24) is 25.4 Å². The zero-order valence-electron chi connectivity index (χ0n) is 19.2. The van der Waals surface area contributed by atoms with Crippen LogP contribution in [-0.4, -0.2) is 59.9 Å². The van der Waals surface area contributed by atoms with E-state index in [1.54, 1.807) is 14.2 Å². The highest BCUT2D eigenvalue weighted by Gasteiger charge is 2.26. The number of hydrogen-bond donors (Lipinski definition) is 2. The molecule has 0 aliphatic carbocycles. The molecule has 0 bridgehead atoms. The van der Waals surface area contributed by atoms with Gasteiger partial charge in [0, 0.05) is 31.1 Å². The third-order valence-corrected chi connectivity index (χ3v) is 5.67. The number of aromatic nitrogens is 3. The number of hydrogen-bond acceptors (Lipinski definition) is 5. The molecule has 33 heavy (non-hydrogen) atoms. The number of likely N-dealkylation sites (tertiary alicyclic amines) is 1. The van der Waals surface area contributed by atoms with E-state index in [0.29, 0.717) is 18.3 Å². The van der Waals surface area contributed by atoms with Crippen molar-refractivity contribution in [3.05, 3.63) is 59.9 Å². The standard InChI is InChI=1S/C24H30N6O2.HI/c1-4-25-24(30-14-13-19(16-30)17-5-9-20(31-2)10-6-17)26-15-22-27-23(29-28-22)18-7-11-21(32-3)12-8-18;/h5-12,19H,4,13-16H2,1-3H3,(H,25,26)(H,27,28,29);1H. The van der Waals surface area contributed by atoms with Gasteiger partial charge in [-0.05, 0) is 55.3 Å². The Morgan fingerprint density at radius 1 is 1.09 bits per heavy atom. The predicted octanol–water partition coefficient (Wildman–Crippen LogP) is 4.06. The fraction of sp³-hybridized carbons (Fsp3) is 0.375. The molecule has 2 aromatic carbocycles. The molecule has 176 valence electrons. The average Bonchev–Trinajstić information content (AvgIpc) is 3.52. The van der Waals surface area contributed by atoms with E-state index >= 15 is 0 Å². The number of methoxy groups -OCH3 is 2. The minimum Gasteiger partial charge on any atom is -0.497 e. The number of aromatic amines is 1. The van der Waals surface area contributed by atoms with E-state index in [1.165, 1.54) is 5.56 Å². The van der Waals surface area contributed by atoms with Gasteiger partial charge in [0.05, 0.1) is 14.2 Å². The first-order chi connectivity index (χ1) is 15.7. The lowest BCUT2D eigenvalue weighted by atomic mass is 9.98. The van der Waals surface area contributed by atoms with Gasteiger partial charge >= 0.3 is 0 Å². The summed E-state index contributed by atoms with van der Waals surface area (Å²) < 4.78 is 10.5. The predicted molar refractivity (Wildman–Crippen MR) is 141 cm³/mol. The lowest BCUT2D eigenvalue weighted by Crippen LogP contribution is -2.40. The van der Waals surface area contributed by atoms with E-state index in [0.717, 1.165) is 54.9 Å². The molecule has 8 nitrogen and oxygen atoms in total. The van der Waals surface area contributed by atoms with Gasteiger partial charge in [-0.2, -0.15) is 5.10 Å². The van der Waals surface area contributed by atoms with Gasteiger partial charge in [-0.3, -0.25) is 5.10 Å². The second-order valence-corrected chi connectivity index (χ2v) is 7.71. The van der Waals surface area contributed by atoms with Gasteiger partial charge in [-0.15, -0.1) is 24.0 Å². The number of ether oxygens (including phenoxy) is 2. The van der Waals surface area contributed by atoms with Crippen molar-refractivity contribution in [3.8, 4) is 22.9 Å². The molecule has 0 amide bonds. The maximum Gasteiger partial charge on any atom is 0.194 e. The third-order valence-electron chi connectivity index (χ3n) is 5.67. The summed E-state index contributed by atoms with van der Waals surface area (Å²) in [5.74, 6) is 4.48. The van der Waals surface area contributed by atoms with Gasteiger partial charge in [-0.25, -0.2) is 9.98 Å². The molecular formula is C24H31IN6O2. The second kappa shape index (κ2) is 11.9. The molecule has 1 aromatic heterocycles. The Morgan fingerprint density at radius 2 is 1.76 bits per heavy atom. The molecule has 3 aromatic rings. The van der Waals surface area contributed by atoms with Crippen molar-refractivity contribution < 1.29 is 9.47 Å². The smallest absolute Gasteiger partial charge is 0.194 e. The number of aliphatic imine (C=N–C) groups is 1. The van der Waals surface area contributed by atoms with Crippen LogP contribution in [0.1, 0.15) is 30.7 Å². The van der Waals surface area contributed by atoms with Gasteiger partial charge in [0.2, 0.25) is 0 Å². The maximum atomic E-state index is 5.28. The SMILES string of the molecule is CCNC(=NCc1nc(-c2ccc(OC)cc2)n[nH]1)N1CCC(c2ccc(OC)cc2)C1.I. The molecule has 1 aliphatic rings. The summed E-state index contributed by atoms with van der Waals surface area (Å²) in [6, 6.07) is 16.1. The molecule has 4 rings (SSSR count). The fourth-order valence-electron chi connectivity index (χ4n) is 3.91. The summed E-state index contributed by atoms with van der Waals surface area (Å²) in [4.78, 5) is 11.7. The van der Waals surface area contributed by atoms with Gasteiger partial charge in [0.25, 0.3) is 0 Å². The lowest BCUT2D eigenvalue weighted by molar-refractivity contribution is 0.414. The first kappa shape index (κ1) is 24.8.